The topological polar surface area (TPSA) is 50.1 Å². The van der Waals surface area contributed by atoms with Gasteiger partial charge in [-0.25, -0.2) is 5.43 Å². The highest BCUT2D eigenvalue weighted by atomic mass is 15.3. The summed E-state index contributed by atoms with van der Waals surface area (Å²) in [5.41, 5.74) is 2.81. The van der Waals surface area contributed by atoms with Gasteiger partial charge in [-0.3, -0.25) is 5.84 Å². The molecule has 0 aliphatic heterocycles. The van der Waals surface area contributed by atoms with Gasteiger partial charge in [0.15, 0.2) is 0 Å². The van der Waals surface area contributed by atoms with Crippen LogP contribution >= 0.6 is 0 Å². The van der Waals surface area contributed by atoms with Gasteiger partial charge in [0, 0.05) is 0 Å². The van der Waals surface area contributed by atoms with Crippen LogP contribution in [0.25, 0.3) is 0 Å². The molecule has 0 amide bonds. The monoisotopic (exact) mass is 157 g/mol. The first kappa shape index (κ1) is 8.97. The van der Waals surface area contributed by atoms with Gasteiger partial charge < -0.3 is 5.32 Å². The Balaban J connectivity index is 2.30. The SMILES string of the molecule is CNC(NN)C1CCCCC1. The second-order valence-corrected chi connectivity index (χ2v) is 3.33. The summed E-state index contributed by atoms with van der Waals surface area (Å²) < 4.78 is 0. The van der Waals surface area contributed by atoms with Crippen LogP contribution in [0, 0.1) is 5.92 Å². The maximum absolute atomic E-state index is 5.40. The fourth-order valence-corrected chi connectivity index (χ4v) is 1.92. The number of rotatable bonds is 3. The summed E-state index contributed by atoms with van der Waals surface area (Å²) >= 11 is 0. The molecule has 1 aliphatic rings. The van der Waals surface area contributed by atoms with Gasteiger partial charge in [0.25, 0.3) is 0 Å². The maximum Gasteiger partial charge on any atom is 0.0727 e. The van der Waals surface area contributed by atoms with E-state index in [0.717, 1.165) is 5.92 Å². The van der Waals surface area contributed by atoms with E-state index in [0.29, 0.717) is 6.17 Å². The van der Waals surface area contributed by atoms with Crippen molar-refractivity contribution in [3.05, 3.63) is 0 Å². The Morgan fingerprint density at radius 3 is 2.36 bits per heavy atom. The van der Waals surface area contributed by atoms with Crippen LogP contribution in [0.1, 0.15) is 32.1 Å². The number of nitrogens with one attached hydrogen (secondary N) is 2. The molecule has 3 heteroatoms. The molecule has 1 unspecified atom stereocenters. The average molecular weight is 157 g/mol. The standard InChI is InChI=1S/C8H19N3/c1-10-8(11-9)7-5-3-2-4-6-7/h7-8,10-11H,2-6,9H2,1H3. The van der Waals surface area contributed by atoms with E-state index in [-0.39, 0.29) is 0 Å². The van der Waals surface area contributed by atoms with E-state index in [1.54, 1.807) is 0 Å². The average Bonchev–Trinajstić information content (AvgIpc) is 2.09. The number of hydrazine groups is 1. The third kappa shape index (κ3) is 2.43. The third-order valence-electron chi connectivity index (χ3n) is 2.61. The Bertz CT molecular complexity index is 95.5. The van der Waals surface area contributed by atoms with E-state index in [2.05, 4.69) is 10.7 Å². The van der Waals surface area contributed by atoms with Crippen molar-refractivity contribution in [2.45, 2.75) is 38.3 Å². The van der Waals surface area contributed by atoms with Gasteiger partial charge in [-0.2, -0.15) is 0 Å². The van der Waals surface area contributed by atoms with Crippen LogP contribution < -0.4 is 16.6 Å². The Morgan fingerprint density at radius 1 is 1.27 bits per heavy atom. The van der Waals surface area contributed by atoms with Gasteiger partial charge >= 0.3 is 0 Å². The minimum Gasteiger partial charge on any atom is -0.304 e. The van der Waals surface area contributed by atoms with Gasteiger partial charge in [-0.15, -0.1) is 0 Å². The molecule has 0 spiro atoms. The van der Waals surface area contributed by atoms with Crippen molar-refractivity contribution >= 4 is 0 Å². The summed E-state index contributed by atoms with van der Waals surface area (Å²) in [6, 6.07) is 0. The molecule has 0 aromatic carbocycles. The Hall–Kier alpha value is -0.120. The molecule has 0 heterocycles. The summed E-state index contributed by atoms with van der Waals surface area (Å²) in [6.45, 7) is 0. The van der Waals surface area contributed by atoms with Crippen LogP contribution in [0.4, 0.5) is 0 Å². The molecule has 1 fully saturated rings. The zero-order valence-electron chi connectivity index (χ0n) is 7.27. The molecule has 11 heavy (non-hydrogen) atoms. The predicted octanol–water partition coefficient (Wildman–Crippen LogP) is 0.575. The molecule has 66 valence electrons. The van der Waals surface area contributed by atoms with E-state index in [1.165, 1.54) is 32.1 Å². The second-order valence-electron chi connectivity index (χ2n) is 3.33. The molecule has 0 radical (unpaired) electrons. The van der Waals surface area contributed by atoms with Crippen molar-refractivity contribution in [1.82, 2.24) is 10.7 Å². The lowest BCUT2D eigenvalue weighted by Crippen LogP contribution is -2.49. The summed E-state index contributed by atoms with van der Waals surface area (Å²) in [5.74, 6) is 6.14. The zero-order valence-corrected chi connectivity index (χ0v) is 7.27. The molecule has 0 aromatic rings. The molecule has 1 atom stereocenters. The third-order valence-corrected chi connectivity index (χ3v) is 2.61. The van der Waals surface area contributed by atoms with E-state index in [1.807, 2.05) is 7.05 Å². The Morgan fingerprint density at radius 2 is 1.91 bits per heavy atom. The fourth-order valence-electron chi connectivity index (χ4n) is 1.92. The van der Waals surface area contributed by atoms with Crippen LogP contribution in [-0.2, 0) is 0 Å². The molecule has 0 bridgehead atoms. The first-order valence-corrected chi connectivity index (χ1v) is 4.52. The van der Waals surface area contributed by atoms with Crippen LogP contribution in [0.2, 0.25) is 0 Å². The molecular formula is C8H19N3. The van der Waals surface area contributed by atoms with Crippen molar-refractivity contribution in [3.63, 3.8) is 0 Å². The molecule has 1 aliphatic carbocycles. The minimum absolute atomic E-state index is 0.315. The van der Waals surface area contributed by atoms with Gasteiger partial charge in [-0.1, -0.05) is 19.3 Å². The summed E-state index contributed by atoms with van der Waals surface area (Å²) in [5, 5.41) is 3.19. The van der Waals surface area contributed by atoms with E-state index in [4.69, 9.17) is 5.84 Å². The summed E-state index contributed by atoms with van der Waals surface area (Å²) in [6.07, 6.45) is 7.08. The first-order chi connectivity index (χ1) is 5.38. The number of hydrogen-bond donors (Lipinski definition) is 3. The number of hydrogen-bond acceptors (Lipinski definition) is 3. The minimum atomic E-state index is 0.315. The van der Waals surface area contributed by atoms with Gasteiger partial charge in [0.2, 0.25) is 0 Å². The van der Waals surface area contributed by atoms with Crippen molar-refractivity contribution in [1.29, 1.82) is 0 Å². The normalized spacial score (nSPS) is 23.5. The molecule has 1 saturated carbocycles. The van der Waals surface area contributed by atoms with Crippen molar-refractivity contribution in [2.75, 3.05) is 7.05 Å². The highest BCUT2D eigenvalue weighted by Crippen LogP contribution is 2.24. The summed E-state index contributed by atoms with van der Waals surface area (Å²) in [7, 11) is 1.96. The van der Waals surface area contributed by atoms with E-state index in [9.17, 15) is 0 Å². The van der Waals surface area contributed by atoms with Crippen LogP contribution in [0.3, 0.4) is 0 Å². The molecule has 0 aromatic heterocycles. The fraction of sp³-hybridized carbons (Fsp3) is 1.00. The highest BCUT2D eigenvalue weighted by Gasteiger charge is 2.20. The molecule has 4 N–H and O–H groups in total. The first-order valence-electron chi connectivity index (χ1n) is 4.52. The van der Waals surface area contributed by atoms with Gasteiger partial charge in [0.05, 0.1) is 6.17 Å². The molecule has 3 nitrogen and oxygen atoms in total. The Kier molecular flexibility index (Phi) is 3.83. The maximum atomic E-state index is 5.40. The highest BCUT2D eigenvalue weighted by molar-refractivity contribution is 4.74. The molecule has 0 saturated heterocycles. The molecule has 1 rings (SSSR count). The smallest absolute Gasteiger partial charge is 0.0727 e. The van der Waals surface area contributed by atoms with Crippen LogP contribution in [0.15, 0.2) is 0 Å². The summed E-state index contributed by atoms with van der Waals surface area (Å²) in [4.78, 5) is 0. The van der Waals surface area contributed by atoms with Crippen LogP contribution in [0.5, 0.6) is 0 Å². The van der Waals surface area contributed by atoms with Crippen molar-refractivity contribution in [2.24, 2.45) is 11.8 Å². The number of nitrogens with two attached hydrogens (primary N) is 1. The quantitative estimate of drug-likeness (QED) is 0.319. The van der Waals surface area contributed by atoms with Crippen molar-refractivity contribution in [3.8, 4) is 0 Å². The zero-order chi connectivity index (χ0) is 8.10. The lowest BCUT2D eigenvalue weighted by Gasteiger charge is -2.29. The molecular weight excluding hydrogens is 138 g/mol. The predicted molar refractivity (Wildman–Crippen MR) is 46.7 cm³/mol. The van der Waals surface area contributed by atoms with E-state index < -0.39 is 0 Å². The lowest BCUT2D eigenvalue weighted by atomic mass is 9.87. The largest absolute Gasteiger partial charge is 0.304 e. The lowest BCUT2D eigenvalue weighted by molar-refractivity contribution is 0.246. The van der Waals surface area contributed by atoms with Gasteiger partial charge in [0.1, 0.15) is 0 Å². The van der Waals surface area contributed by atoms with Crippen LogP contribution in [-0.4, -0.2) is 13.2 Å². The van der Waals surface area contributed by atoms with E-state index >= 15 is 0 Å². The second kappa shape index (κ2) is 4.70. The van der Waals surface area contributed by atoms with Crippen molar-refractivity contribution < 1.29 is 0 Å². The Labute approximate surface area is 68.7 Å². The van der Waals surface area contributed by atoms with Gasteiger partial charge in [-0.05, 0) is 25.8 Å².